The van der Waals surface area contributed by atoms with E-state index < -0.39 is 5.97 Å². The van der Waals surface area contributed by atoms with Crippen molar-refractivity contribution in [2.45, 2.75) is 48.0 Å². The Labute approximate surface area is 127 Å². The molecule has 0 unspecified atom stereocenters. The Morgan fingerprint density at radius 1 is 1.33 bits per heavy atom. The van der Waals surface area contributed by atoms with Crippen molar-refractivity contribution in [3.8, 4) is 0 Å². The van der Waals surface area contributed by atoms with Crippen molar-refractivity contribution in [2.24, 2.45) is 4.99 Å². The SMILES string of the molecule is C=C(N=C(C)C)c1ccc(F)c(C)c1.CC.CCC(=O)O. The van der Waals surface area contributed by atoms with Gasteiger partial charge >= 0.3 is 5.97 Å². The first-order chi connectivity index (χ1) is 9.77. The van der Waals surface area contributed by atoms with E-state index in [2.05, 4.69) is 11.6 Å². The molecule has 0 atom stereocenters. The van der Waals surface area contributed by atoms with Crippen LogP contribution in [0.1, 0.15) is 52.2 Å². The molecule has 1 aromatic carbocycles. The lowest BCUT2D eigenvalue weighted by molar-refractivity contribution is -0.136. The summed E-state index contributed by atoms with van der Waals surface area (Å²) in [7, 11) is 0. The minimum Gasteiger partial charge on any atom is -0.481 e. The monoisotopic (exact) mass is 295 g/mol. The molecule has 0 amide bonds. The fourth-order valence-electron chi connectivity index (χ4n) is 1.16. The zero-order valence-corrected chi connectivity index (χ0v) is 13.8. The Morgan fingerprint density at radius 3 is 2.14 bits per heavy atom. The third-order valence-electron chi connectivity index (χ3n) is 2.15. The third-order valence-corrected chi connectivity index (χ3v) is 2.15. The van der Waals surface area contributed by atoms with Gasteiger partial charge in [-0.3, -0.25) is 9.79 Å². The second kappa shape index (κ2) is 11.8. The Bertz CT molecular complexity index is 490. The Hall–Kier alpha value is -1.97. The number of nitrogens with zero attached hydrogens (tertiary/aromatic N) is 1. The van der Waals surface area contributed by atoms with Crippen LogP contribution in [0.4, 0.5) is 4.39 Å². The number of aliphatic imine (C=N–C) groups is 1. The fourth-order valence-corrected chi connectivity index (χ4v) is 1.16. The summed E-state index contributed by atoms with van der Waals surface area (Å²) in [6.45, 7) is 15.0. The molecule has 0 heterocycles. The van der Waals surface area contributed by atoms with Crippen LogP contribution in [0.3, 0.4) is 0 Å². The predicted molar refractivity (Wildman–Crippen MR) is 88.2 cm³/mol. The van der Waals surface area contributed by atoms with Crippen LogP contribution < -0.4 is 0 Å². The van der Waals surface area contributed by atoms with E-state index in [1.54, 1.807) is 26.0 Å². The lowest BCUT2D eigenvalue weighted by Crippen LogP contribution is -1.88. The lowest BCUT2D eigenvalue weighted by Gasteiger charge is -2.03. The minimum absolute atomic E-state index is 0.196. The highest BCUT2D eigenvalue weighted by Crippen LogP contribution is 2.17. The molecule has 0 saturated carbocycles. The van der Waals surface area contributed by atoms with Crippen molar-refractivity contribution in [1.29, 1.82) is 0 Å². The number of hydrogen-bond donors (Lipinski definition) is 1. The number of rotatable bonds is 3. The summed E-state index contributed by atoms with van der Waals surface area (Å²) in [5.74, 6) is -0.941. The molecule has 118 valence electrons. The number of aliphatic carboxylic acids is 1. The Morgan fingerprint density at radius 2 is 1.81 bits per heavy atom. The summed E-state index contributed by atoms with van der Waals surface area (Å²) >= 11 is 0. The van der Waals surface area contributed by atoms with Gasteiger partial charge in [-0.2, -0.15) is 0 Å². The normalized spacial score (nSPS) is 8.52. The van der Waals surface area contributed by atoms with E-state index in [4.69, 9.17) is 5.11 Å². The minimum atomic E-state index is -0.745. The van der Waals surface area contributed by atoms with Gasteiger partial charge in [0, 0.05) is 12.1 Å². The summed E-state index contributed by atoms with van der Waals surface area (Å²) in [5.41, 5.74) is 3.10. The van der Waals surface area contributed by atoms with E-state index >= 15 is 0 Å². The Kier molecular flexibility index (Phi) is 12.0. The van der Waals surface area contributed by atoms with Crippen molar-refractivity contribution in [3.63, 3.8) is 0 Å². The average molecular weight is 295 g/mol. The van der Waals surface area contributed by atoms with Crippen LogP contribution in [0.5, 0.6) is 0 Å². The maximum Gasteiger partial charge on any atom is 0.303 e. The van der Waals surface area contributed by atoms with Crippen LogP contribution in [0.15, 0.2) is 29.8 Å². The second-order valence-electron chi connectivity index (χ2n) is 4.22. The number of aryl methyl sites for hydroxylation is 1. The molecule has 0 spiro atoms. The first-order valence-electron chi connectivity index (χ1n) is 6.97. The highest BCUT2D eigenvalue weighted by atomic mass is 19.1. The van der Waals surface area contributed by atoms with Gasteiger partial charge < -0.3 is 5.11 Å². The van der Waals surface area contributed by atoms with Crippen LogP contribution in [-0.2, 0) is 4.79 Å². The predicted octanol–water partition coefficient (Wildman–Crippen LogP) is 5.09. The van der Waals surface area contributed by atoms with Gasteiger partial charge in [0.25, 0.3) is 0 Å². The van der Waals surface area contributed by atoms with E-state index in [1.807, 2.05) is 27.7 Å². The Balaban J connectivity index is 0. The van der Waals surface area contributed by atoms with Crippen molar-refractivity contribution in [2.75, 3.05) is 0 Å². The van der Waals surface area contributed by atoms with Gasteiger partial charge in [0.1, 0.15) is 5.82 Å². The van der Waals surface area contributed by atoms with E-state index in [-0.39, 0.29) is 12.2 Å². The molecule has 1 aromatic rings. The number of carboxylic acids is 1. The van der Waals surface area contributed by atoms with Crippen LogP contribution in [0, 0.1) is 12.7 Å². The van der Waals surface area contributed by atoms with Gasteiger partial charge in [0.15, 0.2) is 0 Å². The molecule has 0 aliphatic rings. The lowest BCUT2D eigenvalue weighted by atomic mass is 10.1. The summed E-state index contributed by atoms with van der Waals surface area (Å²) in [6.07, 6.45) is 0.222. The quantitative estimate of drug-likeness (QED) is 0.789. The zero-order valence-electron chi connectivity index (χ0n) is 13.8. The molecule has 0 aliphatic carbocycles. The maximum absolute atomic E-state index is 13.0. The summed E-state index contributed by atoms with van der Waals surface area (Å²) in [6, 6.07) is 4.89. The second-order valence-corrected chi connectivity index (χ2v) is 4.22. The van der Waals surface area contributed by atoms with Gasteiger partial charge in [0.2, 0.25) is 0 Å². The van der Waals surface area contributed by atoms with Crippen molar-refractivity contribution in [1.82, 2.24) is 0 Å². The number of hydrogen-bond acceptors (Lipinski definition) is 2. The zero-order chi connectivity index (χ0) is 17.0. The van der Waals surface area contributed by atoms with Gasteiger partial charge in [-0.15, -0.1) is 0 Å². The molecule has 0 fully saturated rings. The standard InChI is InChI=1S/C12H14FN.C3H6O2.C2H6/c1-8(2)14-10(4)11-5-6-12(13)9(3)7-11;1-2-3(4)5;1-2/h5-7H,4H2,1-3H3;2H2,1H3,(H,4,5);1-2H3. The molecule has 0 aliphatic heterocycles. The average Bonchev–Trinajstić information content (AvgIpc) is 2.44. The van der Waals surface area contributed by atoms with Crippen molar-refractivity contribution >= 4 is 17.4 Å². The van der Waals surface area contributed by atoms with Crippen LogP contribution in [0.25, 0.3) is 5.70 Å². The van der Waals surface area contributed by atoms with Crippen molar-refractivity contribution < 1.29 is 14.3 Å². The fraction of sp³-hybridized carbons (Fsp3) is 0.412. The highest BCUT2D eigenvalue weighted by Gasteiger charge is 2.01. The third kappa shape index (κ3) is 10.5. The van der Waals surface area contributed by atoms with Crippen LogP contribution in [-0.4, -0.2) is 16.8 Å². The van der Waals surface area contributed by atoms with Gasteiger partial charge in [0.05, 0.1) is 5.70 Å². The van der Waals surface area contributed by atoms with E-state index in [0.717, 1.165) is 11.3 Å². The molecule has 3 nitrogen and oxygen atoms in total. The van der Waals surface area contributed by atoms with Gasteiger partial charge in [-0.25, -0.2) is 4.39 Å². The summed E-state index contributed by atoms with van der Waals surface area (Å²) in [4.78, 5) is 13.6. The molecular formula is C17H26FNO2. The molecule has 0 bridgehead atoms. The molecular weight excluding hydrogens is 269 g/mol. The maximum atomic E-state index is 13.0. The van der Waals surface area contributed by atoms with E-state index in [9.17, 15) is 9.18 Å². The van der Waals surface area contributed by atoms with Crippen LogP contribution in [0.2, 0.25) is 0 Å². The smallest absolute Gasteiger partial charge is 0.303 e. The molecule has 4 heteroatoms. The largest absolute Gasteiger partial charge is 0.481 e. The molecule has 0 aromatic heterocycles. The van der Waals surface area contributed by atoms with Gasteiger partial charge in [-0.1, -0.05) is 27.4 Å². The summed E-state index contributed by atoms with van der Waals surface area (Å²) < 4.78 is 13.0. The van der Waals surface area contributed by atoms with Crippen LogP contribution >= 0.6 is 0 Å². The number of carboxylic acid groups (broad SMARTS) is 1. The molecule has 1 rings (SSSR count). The van der Waals surface area contributed by atoms with Gasteiger partial charge in [-0.05, 0) is 50.1 Å². The summed E-state index contributed by atoms with van der Waals surface area (Å²) in [5, 5.41) is 7.72. The highest BCUT2D eigenvalue weighted by molar-refractivity contribution is 5.85. The first-order valence-corrected chi connectivity index (χ1v) is 6.97. The number of carbonyl (C=O) groups is 1. The van der Waals surface area contributed by atoms with E-state index in [1.165, 1.54) is 6.07 Å². The van der Waals surface area contributed by atoms with Crippen molar-refractivity contribution in [3.05, 3.63) is 41.7 Å². The first kappa shape index (κ1) is 21.3. The number of halogens is 1. The topological polar surface area (TPSA) is 49.7 Å². The van der Waals surface area contributed by atoms with E-state index in [0.29, 0.717) is 11.3 Å². The number of benzene rings is 1. The molecule has 0 saturated heterocycles. The molecule has 1 N–H and O–H groups in total. The molecule has 0 radical (unpaired) electrons. The molecule has 21 heavy (non-hydrogen) atoms.